The van der Waals surface area contributed by atoms with Crippen LogP contribution in [0, 0.1) is 5.92 Å². The molecule has 1 saturated carbocycles. The zero-order chi connectivity index (χ0) is 10.9. The fourth-order valence-corrected chi connectivity index (χ4v) is 6.34. The van der Waals surface area contributed by atoms with Gasteiger partial charge in [-0.2, -0.15) is 0 Å². The number of rotatable bonds is 1. The number of esters is 1. The standard InChI is InChI=1S/C10H16O3S2/c1-13-9(11)8-3-4-10(7-8)14-5-2-6-15(10)12/h8H,2-7H2,1H3/t8-,10-,15+/m1/s1. The molecule has 3 atom stereocenters. The van der Waals surface area contributed by atoms with Crippen molar-refractivity contribution in [3.05, 3.63) is 0 Å². The molecule has 2 rings (SSSR count). The molecule has 2 fully saturated rings. The third-order valence-corrected chi connectivity index (χ3v) is 7.38. The number of hydrogen-bond acceptors (Lipinski definition) is 4. The van der Waals surface area contributed by atoms with Gasteiger partial charge in [0, 0.05) is 16.6 Å². The predicted octanol–water partition coefficient (Wildman–Crippen LogP) is 1.54. The fourth-order valence-electron chi connectivity index (χ4n) is 2.38. The highest BCUT2D eigenvalue weighted by molar-refractivity contribution is 8.13. The minimum Gasteiger partial charge on any atom is -0.469 e. The van der Waals surface area contributed by atoms with E-state index in [1.54, 1.807) is 11.8 Å². The summed E-state index contributed by atoms with van der Waals surface area (Å²) in [4.78, 5) is 11.4. The topological polar surface area (TPSA) is 43.4 Å². The molecule has 1 aliphatic carbocycles. The van der Waals surface area contributed by atoms with Crippen molar-refractivity contribution >= 4 is 28.5 Å². The van der Waals surface area contributed by atoms with Gasteiger partial charge in [0.25, 0.3) is 0 Å². The molecule has 15 heavy (non-hydrogen) atoms. The molecular weight excluding hydrogens is 232 g/mol. The summed E-state index contributed by atoms with van der Waals surface area (Å²) in [6.07, 6.45) is 3.54. The van der Waals surface area contributed by atoms with Gasteiger partial charge in [-0.15, -0.1) is 11.8 Å². The molecule has 5 heteroatoms. The van der Waals surface area contributed by atoms with Crippen molar-refractivity contribution in [2.24, 2.45) is 5.92 Å². The second-order valence-electron chi connectivity index (χ2n) is 4.13. The van der Waals surface area contributed by atoms with Gasteiger partial charge in [0.2, 0.25) is 0 Å². The van der Waals surface area contributed by atoms with E-state index in [9.17, 15) is 9.00 Å². The van der Waals surface area contributed by atoms with Gasteiger partial charge in [-0.25, -0.2) is 0 Å². The van der Waals surface area contributed by atoms with E-state index < -0.39 is 10.8 Å². The number of carbonyl (C=O) groups excluding carboxylic acids is 1. The average Bonchev–Trinajstić information content (AvgIpc) is 2.67. The summed E-state index contributed by atoms with van der Waals surface area (Å²) in [5, 5.41) is 0. The van der Waals surface area contributed by atoms with Gasteiger partial charge in [-0.3, -0.25) is 9.00 Å². The normalized spacial score (nSPS) is 40.6. The minimum absolute atomic E-state index is 0.0236. The molecule has 1 aliphatic heterocycles. The zero-order valence-electron chi connectivity index (χ0n) is 8.86. The smallest absolute Gasteiger partial charge is 0.308 e. The molecule has 1 saturated heterocycles. The van der Waals surface area contributed by atoms with Gasteiger partial charge in [0.05, 0.1) is 17.1 Å². The highest BCUT2D eigenvalue weighted by atomic mass is 32.2. The van der Waals surface area contributed by atoms with Crippen LogP contribution >= 0.6 is 11.8 Å². The molecule has 86 valence electrons. The Morgan fingerprint density at radius 2 is 2.40 bits per heavy atom. The van der Waals surface area contributed by atoms with Crippen LogP contribution in [0.1, 0.15) is 25.7 Å². The molecule has 2 aliphatic rings. The third-order valence-electron chi connectivity index (χ3n) is 3.22. The number of ether oxygens (including phenoxy) is 1. The van der Waals surface area contributed by atoms with Crippen molar-refractivity contribution < 1.29 is 13.7 Å². The van der Waals surface area contributed by atoms with Crippen molar-refractivity contribution in [1.82, 2.24) is 0 Å². The van der Waals surface area contributed by atoms with Gasteiger partial charge in [0.15, 0.2) is 0 Å². The zero-order valence-corrected chi connectivity index (χ0v) is 10.5. The lowest BCUT2D eigenvalue weighted by Crippen LogP contribution is -2.34. The number of thioether (sulfide) groups is 1. The molecule has 0 aromatic carbocycles. The molecule has 0 N–H and O–H groups in total. The summed E-state index contributed by atoms with van der Waals surface area (Å²) < 4.78 is 16.6. The second-order valence-corrected chi connectivity index (χ2v) is 7.74. The van der Waals surface area contributed by atoms with Crippen molar-refractivity contribution in [3.8, 4) is 0 Å². The Hall–Kier alpha value is -0.0300. The maximum Gasteiger partial charge on any atom is 0.308 e. The lowest BCUT2D eigenvalue weighted by atomic mass is 10.1. The van der Waals surface area contributed by atoms with E-state index in [1.165, 1.54) is 7.11 Å². The molecule has 0 amide bonds. The van der Waals surface area contributed by atoms with Crippen LogP contribution in [-0.2, 0) is 20.3 Å². The molecule has 0 radical (unpaired) electrons. The Labute approximate surface area is 96.8 Å². The summed E-state index contributed by atoms with van der Waals surface area (Å²) in [6.45, 7) is 0. The lowest BCUT2D eigenvalue weighted by Gasteiger charge is -2.31. The average molecular weight is 248 g/mol. The molecule has 1 heterocycles. The highest BCUT2D eigenvalue weighted by Gasteiger charge is 2.48. The van der Waals surface area contributed by atoms with Crippen LogP contribution in [0.2, 0.25) is 0 Å². The maximum absolute atomic E-state index is 12.0. The molecular formula is C10H16O3S2. The largest absolute Gasteiger partial charge is 0.469 e. The van der Waals surface area contributed by atoms with Crippen molar-refractivity contribution in [2.45, 2.75) is 29.8 Å². The van der Waals surface area contributed by atoms with Gasteiger partial charge < -0.3 is 4.74 Å². The SMILES string of the molecule is COC(=O)[C@@H]1CC[C@@]2(C1)SCCC[S@@]2=O. The summed E-state index contributed by atoms with van der Waals surface area (Å²) in [7, 11) is 0.671. The van der Waals surface area contributed by atoms with E-state index in [2.05, 4.69) is 0 Å². The van der Waals surface area contributed by atoms with E-state index in [0.717, 1.165) is 37.2 Å². The van der Waals surface area contributed by atoms with Crippen molar-refractivity contribution in [3.63, 3.8) is 0 Å². The van der Waals surface area contributed by atoms with Crippen molar-refractivity contribution in [2.75, 3.05) is 18.6 Å². The van der Waals surface area contributed by atoms with Gasteiger partial charge in [-0.05, 0) is 31.4 Å². The first-order valence-corrected chi connectivity index (χ1v) is 7.59. The lowest BCUT2D eigenvalue weighted by molar-refractivity contribution is -0.145. The Bertz CT molecular complexity index is 292. The molecule has 0 aromatic heterocycles. The van der Waals surface area contributed by atoms with E-state index in [1.807, 2.05) is 0 Å². The second kappa shape index (κ2) is 4.45. The Morgan fingerprint density at radius 3 is 3.07 bits per heavy atom. The van der Waals surface area contributed by atoms with Gasteiger partial charge in [-0.1, -0.05) is 0 Å². The summed E-state index contributed by atoms with van der Waals surface area (Å²) in [5.41, 5.74) is 0. The minimum atomic E-state index is -0.758. The fraction of sp³-hybridized carbons (Fsp3) is 0.900. The monoisotopic (exact) mass is 248 g/mol. The first-order chi connectivity index (χ1) is 7.18. The van der Waals surface area contributed by atoms with Crippen LogP contribution in [0.15, 0.2) is 0 Å². The summed E-state index contributed by atoms with van der Waals surface area (Å²) in [5.74, 6) is 1.74. The predicted molar refractivity (Wildman–Crippen MR) is 62.2 cm³/mol. The van der Waals surface area contributed by atoms with Crippen LogP contribution in [0.5, 0.6) is 0 Å². The van der Waals surface area contributed by atoms with Crippen LogP contribution in [0.3, 0.4) is 0 Å². The molecule has 3 nitrogen and oxygen atoms in total. The van der Waals surface area contributed by atoms with Crippen molar-refractivity contribution in [1.29, 1.82) is 0 Å². The molecule has 0 unspecified atom stereocenters. The van der Waals surface area contributed by atoms with Gasteiger partial charge in [0.1, 0.15) is 0 Å². The molecule has 0 aromatic rings. The summed E-state index contributed by atoms with van der Waals surface area (Å²) in [6, 6.07) is 0. The van der Waals surface area contributed by atoms with Crippen LogP contribution in [-0.4, -0.2) is 32.9 Å². The van der Waals surface area contributed by atoms with Crippen LogP contribution < -0.4 is 0 Å². The summed E-state index contributed by atoms with van der Waals surface area (Å²) >= 11 is 1.80. The third kappa shape index (κ3) is 2.09. The number of carbonyl (C=O) groups is 1. The highest BCUT2D eigenvalue weighted by Crippen LogP contribution is 2.49. The number of hydrogen-bond donors (Lipinski definition) is 0. The quantitative estimate of drug-likeness (QED) is 0.660. The van der Waals surface area contributed by atoms with E-state index in [0.29, 0.717) is 0 Å². The van der Waals surface area contributed by atoms with Crippen LogP contribution in [0.4, 0.5) is 0 Å². The molecule has 0 bridgehead atoms. The van der Waals surface area contributed by atoms with E-state index in [4.69, 9.17) is 4.74 Å². The Balaban J connectivity index is 2.06. The first kappa shape index (κ1) is 11.5. The first-order valence-electron chi connectivity index (χ1n) is 5.28. The maximum atomic E-state index is 12.0. The van der Waals surface area contributed by atoms with E-state index >= 15 is 0 Å². The van der Waals surface area contributed by atoms with Gasteiger partial charge >= 0.3 is 5.97 Å². The van der Waals surface area contributed by atoms with E-state index in [-0.39, 0.29) is 16.0 Å². The Morgan fingerprint density at radius 1 is 1.60 bits per heavy atom. The van der Waals surface area contributed by atoms with Crippen LogP contribution in [0.25, 0.3) is 0 Å². The number of methoxy groups -OCH3 is 1. The molecule has 1 spiro atoms. The Kier molecular flexibility index (Phi) is 3.40.